The number of amides is 2. The van der Waals surface area contributed by atoms with Gasteiger partial charge in [-0.15, -0.1) is 11.3 Å². The number of aryl methyl sites for hydroxylation is 1. The van der Waals surface area contributed by atoms with Crippen LogP contribution in [-0.2, 0) is 4.79 Å². The van der Waals surface area contributed by atoms with Crippen LogP contribution in [0.1, 0.15) is 35.1 Å². The largest absolute Gasteiger partial charge is 0.288 e. The number of hydrogen-bond acceptors (Lipinski definition) is 3. The maximum atomic E-state index is 11.9. The third-order valence-electron chi connectivity index (χ3n) is 3.28. The Kier molecular flexibility index (Phi) is 4.09. The van der Waals surface area contributed by atoms with Crippen molar-refractivity contribution in [1.82, 2.24) is 5.32 Å². The molecule has 3 nitrogen and oxygen atoms in total. The van der Waals surface area contributed by atoms with Crippen LogP contribution in [0, 0.1) is 6.92 Å². The summed E-state index contributed by atoms with van der Waals surface area (Å²) in [5.41, 5.74) is 3.39. The van der Waals surface area contributed by atoms with Crippen LogP contribution in [0.2, 0.25) is 0 Å². The SMILES string of the molecule is C.C/C=C1/C(=O)NC(=O)c2cc(-c3cccc(C)c3)sc21. The van der Waals surface area contributed by atoms with Crippen LogP contribution in [0.15, 0.2) is 36.4 Å². The molecule has 0 fully saturated rings. The molecular weight excluding hydrogens is 282 g/mol. The fraction of sp³-hybridized carbons (Fsp3) is 0.176. The van der Waals surface area contributed by atoms with Crippen LogP contribution in [0.25, 0.3) is 16.0 Å². The second-order valence-corrected chi connectivity index (χ2v) is 5.76. The molecule has 21 heavy (non-hydrogen) atoms. The van der Waals surface area contributed by atoms with Gasteiger partial charge < -0.3 is 0 Å². The average molecular weight is 299 g/mol. The van der Waals surface area contributed by atoms with Crippen molar-refractivity contribution >= 4 is 28.7 Å². The van der Waals surface area contributed by atoms with Gasteiger partial charge in [0.1, 0.15) is 0 Å². The standard InChI is InChI=1S/C16H13NO2S.CH4/c1-3-11-14-12(16(19)17-15(11)18)8-13(20-14)10-6-4-5-9(2)7-10;/h3-8H,1-2H3,(H,17,18,19);1H4/b11-3+;. The average Bonchev–Trinajstić information content (AvgIpc) is 2.84. The normalized spacial score (nSPS) is 15.4. The summed E-state index contributed by atoms with van der Waals surface area (Å²) in [5, 5.41) is 2.37. The van der Waals surface area contributed by atoms with Crippen molar-refractivity contribution in [2.75, 3.05) is 0 Å². The molecule has 1 aliphatic heterocycles. The summed E-state index contributed by atoms with van der Waals surface area (Å²) in [7, 11) is 0. The van der Waals surface area contributed by atoms with Gasteiger partial charge in [0, 0.05) is 4.88 Å². The Balaban J connectivity index is 0.00000161. The third-order valence-corrected chi connectivity index (χ3v) is 4.50. The predicted octanol–water partition coefficient (Wildman–Crippen LogP) is 4.03. The van der Waals surface area contributed by atoms with Gasteiger partial charge in [0.25, 0.3) is 11.8 Å². The van der Waals surface area contributed by atoms with Crippen LogP contribution in [0.3, 0.4) is 0 Å². The second kappa shape index (κ2) is 5.66. The number of carbonyl (C=O) groups excluding carboxylic acids is 2. The van der Waals surface area contributed by atoms with Crippen molar-refractivity contribution < 1.29 is 9.59 Å². The van der Waals surface area contributed by atoms with Crippen LogP contribution in [0.5, 0.6) is 0 Å². The molecule has 1 N–H and O–H groups in total. The van der Waals surface area contributed by atoms with Gasteiger partial charge in [-0.25, -0.2) is 0 Å². The number of rotatable bonds is 1. The monoisotopic (exact) mass is 299 g/mol. The smallest absolute Gasteiger partial charge is 0.259 e. The maximum absolute atomic E-state index is 11.9. The first-order valence-electron chi connectivity index (χ1n) is 6.33. The first-order valence-corrected chi connectivity index (χ1v) is 7.15. The molecule has 1 aromatic carbocycles. The molecule has 0 saturated carbocycles. The van der Waals surface area contributed by atoms with E-state index < -0.39 is 0 Å². The molecule has 1 aliphatic rings. The van der Waals surface area contributed by atoms with Gasteiger partial charge in [-0.1, -0.05) is 43.3 Å². The number of thiophene rings is 1. The Labute approximate surface area is 128 Å². The molecule has 0 aliphatic carbocycles. The first kappa shape index (κ1) is 15.2. The van der Waals surface area contributed by atoms with Crippen LogP contribution >= 0.6 is 11.3 Å². The quantitative estimate of drug-likeness (QED) is 0.638. The number of hydrogen-bond donors (Lipinski definition) is 1. The fourth-order valence-corrected chi connectivity index (χ4v) is 3.53. The minimum absolute atomic E-state index is 0. The first-order chi connectivity index (χ1) is 9.60. The number of allylic oxidation sites excluding steroid dienone is 1. The van der Waals surface area contributed by atoms with Crippen molar-refractivity contribution in [1.29, 1.82) is 0 Å². The van der Waals surface area contributed by atoms with Crippen molar-refractivity contribution in [2.24, 2.45) is 0 Å². The van der Waals surface area contributed by atoms with Gasteiger partial charge >= 0.3 is 0 Å². The molecule has 0 spiro atoms. The Hall–Kier alpha value is -2.20. The zero-order valence-corrected chi connectivity index (χ0v) is 12.0. The summed E-state index contributed by atoms with van der Waals surface area (Å²) >= 11 is 1.49. The Morgan fingerprint density at radius 1 is 1.14 bits per heavy atom. The number of benzene rings is 1. The third kappa shape index (κ3) is 2.54. The van der Waals surface area contributed by atoms with Crippen molar-refractivity contribution in [3.8, 4) is 10.4 Å². The van der Waals surface area contributed by atoms with Gasteiger partial charge in [-0.2, -0.15) is 0 Å². The van der Waals surface area contributed by atoms with Crippen LogP contribution in [0.4, 0.5) is 0 Å². The Morgan fingerprint density at radius 3 is 2.57 bits per heavy atom. The predicted molar refractivity (Wildman–Crippen MR) is 87.3 cm³/mol. The maximum Gasteiger partial charge on any atom is 0.259 e. The van der Waals surface area contributed by atoms with Crippen molar-refractivity contribution in [3.05, 3.63) is 52.4 Å². The van der Waals surface area contributed by atoms with E-state index >= 15 is 0 Å². The zero-order chi connectivity index (χ0) is 14.3. The summed E-state index contributed by atoms with van der Waals surface area (Å²) in [5.74, 6) is -0.631. The highest BCUT2D eigenvalue weighted by molar-refractivity contribution is 7.17. The lowest BCUT2D eigenvalue weighted by molar-refractivity contribution is -0.114. The molecule has 4 heteroatoms. The topological polar surface area (TPSA) is 46.2 Å². The number of nitrogens with one attached hydrogen (secondary N) is 1. The van der Waals surface area contributed by atoms with E-state index in [0.717, 1.165) is 15.3 Å². The van der Waals surface area contributed by atoms with Gasteiger partial charge in [0.2, 0.25) is 0 Å². The highest BCUT2D eigenvalue weighted by Crippen LogP contribution is 2.37. The van der Waals surface area contributed by atoms with Gasteiger partial charge in [-0.3, -0.25) is 14.9 Å². The molecule has 0 saturated heterocycles. The minimum Gasteiger partial charge on any atom is -0.288 e. The van der Waals surface area contributed by atoms with Crippen LogP contribution < -0.4 is 5.32 Å². The highest BCUT2D eigenvalue weighted by atomic mass is 32.1. The van der Waals surface area contributed by atoms with E-state index in [1.54, 1.807) is 13.0 Å². The lowest BCUT2D eigenvalue weighted by Gasteiger charge is -2.13. The molecule has 0 bridgehead atoms. The summed E-state index contributed by atoms with van der Waals surface area (Å²) in [6, 6.07) is 9.97. The Morgan fingerprint density at radius 2 is 1.90 bits per heavy atom. The molecule has 108 valence electrons. The van der Waals surface area contributed by atoms with E-state index in [0.29, 0.717) is 11.1 Å². The number of imide groups is 1. The number of carbonyl (C=O) groups is 2. The van der Waals surface area contributed by atoms with E-state index in [9.17, 15) is 9.59 Å². The summed E-state index contributed by atoms with van der Waals surface area (Å²) < 4.78 is 0. The lowest BCUT2D eigenvalue weighted by Crippen LogP contribution is -2.35. The molecule has 0 radical (unpaired) electrons. The van der Waals surface area contributed by atoms with Gasteiger partial charge in [0.15, 0.2) is 0 Å². The minimum atomic E-state index is -0.317. The summed E-state index contributed by atoms with van der Waals surface area (Å²) in [4.78, 5) is 25.5. The van der Waals surface area contributed by atoms with Gasteiger partial charge in [-0.05, 0) is 25.5 Å². The molecule has 2 heterocycles. The highest BCUT2D eigenvalue weighted by Gasteiger charge is 2.29. The van der Waals surface area contributed by atoms with Crippen molar-refractivity contribution in [3.63, 3.8) is 0 Å². The zero-order valence-electron chi connectivity index (χ0n) is 11.2. The van der Waals surface area contributed by atoms with Crippen molar-refractivity contribution in [2.45, 2.75) is 21.3 Å². The van der Waals surface area contributed by atoms with E-state index in [2.05, 4.69) is 11.4 Å². The van der Waals surface area contributed by atoms with E-state index in [4.69, 9.17) is 0 Å². The molecular formula is C17H17NO2S. The number of fused-ring (bicyclic) bond motifs is 1. The second-order valence-electron chi connectivity index (χ2n) is 4.71. The lowest BCUT2D eigenvalue weighted by atomic mass is 10.0. The molecule has 3 rings (SSSR count). The molecule has 2 aromatic rings. The molecule has 0 unspecified atom stereocenters. The fourth-order valence-electron chi connectivity index (χ4n) is 2.30. The Bertz CT molecular complexity index is 756. The molecule has 1 aromatic heterocycles. The molecule has 2 amide bonds. The summed E-state index contributed by atoms with van der Waals surface area (Å²) in [6.07, 6.45) is 1.75. The van der Waals surface area contributed by atoms with Gasteiger partial charge in [0.05, 0.1) is 16.0 Å². The molecule has 0 atom stereocenters. The summed E-state index contributed by atoms with van der Waals surface area (Å²) in [6.45, 7) is 3.84. The van der Waals surface area contributed by atoms with E-state index in [-0.39, 0.29) is 19.2 Å². The van der Waals surface area contributed by atoms with Crippen LogP contribution in [-0.4, -0.2) is 11.8 Å². The van der Waals surface area contributed by atoms with E-state index in [1.807, 2.05) is 31.2 Å². The van der Waals surface area contributed by atoms with E-state index in [1.165, 1.54) is 16.9 Å².